The van der Waals surface area contributed by atoms with Crippen LogP contribution in [0, 0.1) is 5.92 Å². The zero-order valence-electron chi connectivity index (χ0n) is 13.1. The lowest BCUT2D eigenvalue weighted by Gasteiger charge is -2.25. The lowest BCUT2D eigenvalue weighted by atomic mass is 10.1. The minimum Gasteiger partial charge on any atom is -0.353 e. The first kappa shape index (κ1) is 15.1. The molecule has 1 heterocycles. The van der Waals surface area contributed by atoms with E-state index in [1.54, 1.807) is 0 Å². The van der Waals surface area contributed by atoms with Crippen molar-refractivity contribution < 1.29 is 9.59 Å². The number of amides is 2. The molecule has 4 heteroatoms. The highest BCUT2D eigenvalue weighted by Gasteiger charge is 2.37. The van der Waals surface area contributed by atoms with E-state index in [4.69, 9.17) is 0 Å². The highest BCUT2D eigenvalue weighted by atomic mass is 16.2. The van der Waals surface area contributed by atoms with E-state index >= 15 is 0 Å². The molecule has 3 rings (SSSR count). The summed E-state index contributed by atoms with van der Waals surface area (Å²) in [5.41, 5.74) is 1.12. The number of likely N-dealkylation sites (tertiary alicyclic amines) is 1. The van der Waals surface area contributed by atoms with Crippen molar-refractivity contribution in [3.8, 4) is 0 Å². The Bertz CT molecular complexity index is 537. The van der Waals surface area contributed by atoms with Gasteiger partial charge in [0.05, 0.1) is 12.0 Å². The zero-order chi connectivity index (χ0) is 15.5. The summed E-state index contributed by atoms with van der Waals surface area (Å²) in [4.78, 5) is 26.5. The van der Waals surface area contributed by atoms with Crippen LogP contribution in [0.5, 0.6) is 0 Å². The largest absolute Gasteiger partial charge is 0.353 e. The molecule has 0 unspecified atom stereocenters. The second-order valence-corrected chi connectivity index (χ2v) is 6.52. The Morgan fingerprint density at radius 2 is 1.91 bits per heavy atom. The molecule has 0 spiro atoms. The van der Waals surface area contributed by atoms with Crippen molar-refractivity contribution in [2.75, 3.05) is 6.54 Å². The Kier molecular flexibility index (Phi) is 4.46. The molecule has 0 radical (unpaired) electrons. The Morgan fingerprint density at radius 1 is 1.23 bits per heavy atom. The van der Waals surface area contributed by atoms with Crippen LogP contribution in [-0.4, -0.2) is 29.3 Å². The van der Waals surface area contributed by atoms with Crippen LogP contribution in [0.2, 0.25) is 0 Å². The molecule has 1 aliphatic heterocycles. The smallest absolute Gasteiger partial charge is 0.225 e. The number of rotatable bonds is 4. The molecule has 1 aromatic carbocycles. The van der Waals surface area contributed by atoms with Gasteiger partial charge in [-0.15, -0.1) is 0 Å². The zero-order valence-corrected chi connectivity index (χ0v) is 13.1. The molecule has 1 N–H and O–H groups in total. The van der Waals surface area contributed by atoms with Crippen LogP contribution in [0.15, 0.2) is 30.3 Å². The van der Waals surface area contributed by atoms with Crippen LogP contribution in [-0.2, 0) is 9.59 Å². The van der Waals surface area contributed by atoms with Gasteiger partial charge in [0.15, 0.2) is 0 Å². The fraction of sp³-hybridized carbons (Fsp3) is 0.556. The van der Waals surface area contributed by atoms with Crippen molar-refractivity contribution in [3.63, 3.8) is 0 Å². The number of nitrogens with zero attached hydrogens (tertiary/aromatic N) is 1. The molecule has 1 saturated carbocycles. The van der Waals surface area contributed by atoms with Gasteiger partial charge in [0.25, 0.3) is 0 Å². The maximum absolute atomic E-state index is 12.4. The molecule has 0 aromatic heterocycles. The predicted octanol–water partition coefficient (Wildman–Crippen LogP) is 2.65. The van der Waals surface area contributed by atoms with E-state index in [-0.39, 0.29) is 23.8 Å². The third kappa shape index (κ3) is 3.16. The molecule has 1 saturated heterocycles. The van der Waals surface area contributed by atoms with Crippen LogP contribution in [0.25, 0.3) is 0 Å². The van der Waals surface area contributed by atoms with Gasteiger partial charge in [0, 0.05) is 19.0 Å². The second kappa shape index (κ2) is 6.51. The summed E-state index contributed by atoms with van der Waals surface area (Å²) in [6.07, 6.45) is 4.90. The maximum Gasteiger partial charge on any atom is 0.225 e. The van der Waals surface area contributed by atoms with Crippen LogP contribution in [0.4, 0.5) is 0 Å². The highest BCUT2D eigenvalue weighted by Crippen LogP contribution is 2.29. The molecule has 4 nitrogen and oxygen atoms in total. The first-order chi connectivity index (χ1) is 10.6. The molecule has 1 aromatic rings. The molecular formula is C18H24N2O2. The minimum absolute atomic E-state index is 0.0259. The van der Waals surface area contributed by atoms with Gasteiger partial charge in [0.2, 0.25) is 11.8 Å². The van der Waals surface area contributed by atoms with Crippen molar-refractivity contribution in [1.82, 2.24) is 10.2 Å². The van der Waals surface area contributed by atoms with Crippen LogP contribution >= 0.6 is 0 Å². The van der Waals surface area contributed by atoms with Gasteiger partial charge in [0.1, 0.15) is 0 Å². The van der Waals surface area contributed by atoms with Crippen molar-refractivity contribution in [2.45, 2.75) is 51.1 Å². The lowest BCUT2D eigenvalue weighted by molar-refractivity contribution is -0.130. The van der Waals surface area contributed by atoms with Gasteiger partial charge in [-0.05, 0) is 25.3 Å². The number of carbonyl (C=O) groups excluding carboxylic acids is 2. The van der Waals surface area contributed by atoms with E-state index in [0.717, 1.165) is 18.4 Å². The molecule has 2 amide bonds. The van der Waals surface area contributed by atoms with E-state index in [1.165, 1.54) is 12.8 Å². The van der Waals surface area contributed by atoms with Crippen molar-refractivity contribution in [3.05, 3.63) is 35.9 Å². The fourth-order valence-electron chi connectivity index (χ4n) is 3.58. The third-order valence-electron chi connectivity index (χ3n) is 4.98. The molecule has 2 atom stereocenters. The average molecular weight is 300 g/mol. The first-order valence-electron chi connectivity index (χ1n) is 8.30. The maximum atomic E-state index is 12.4. The number of hydrogen-bond donors (Lipinski definition) is 1. The van der Waals surface area contributed by atoms with Crippen molar-refractivity contribution in [2.24, 2.45) is 5.92 Å². The van der Waals surface area contributed by atoms with Crippen LogP contribution in [0.3, 0.4) is 0 Å². The molecule has 2 fully saturated rings. The third-order valence-corrected chi connectivity index (χ3v) is 4.98. The molecule has 1 aliphatic carbocycles. The van der Waals surface area contributed by atoms with E-state index in [9.17, 15) is 9.59 Å². The molecule has 2 aliphatic rings. The minimum atomic E-state index is -0.195. The van der Waals surface area contributed by atoms with Crippen LogP contribution < -0.4 is 5.32 Å². The second-order valence-electron chi connectivity index (χ2n) is 6.52. The molecular weight excluding hydrogens is 276 g/mol. The SMILES string of the molecule is C[C@H](c1ccccc1)N1C[C@@H](C(=O)NC2CCCC2)CC1=O. The Labute approximate surface area is 131 Å². The number of nitrogens with one attached hydrogen (secondary N) is 1. The van der Waals surface area contributed by atoms with Gasteiger partial charge in [-0.1, -0.05) is 43.2 Å². The van der Waals surface area contributed by atoms with Crippen LogP contribution in [0.1, 0.15) is 50.6 Å². The topological polar surface area (TPSA) is 49.4 Å². The summed E-state index contributed by atoms with van der Waals surface area (Å²) in [5, 5.41) is 3.12. The average Bonchev–Trinajstić information content (AvgIpc) is 3.17. The van der Waals surface area contributed by atoms with Gasteiger partial charge >= 0.3 is 0 Å². The van der Waals surface area contributed by atoms with E-state index in [0.29, 0.717) is 19.0 Å². The predicted molar refractivity (Wildman–Crippen MR) is 85.1 cm³/mol. The van der Waals surface area contributed by atoms with E-state index in [1.807, 2.05) is 42.2 Å². The van der Waals surface area contributed by atoms with Gasteiger partial charge in [-0.25, -0.2) is 0 Å². The Balaban J connectivity index is 1.61. The molecule has 22 heavy (non-hydrogen) atoms. The quantitative estimate of drug-likeness (QED) is 0.929. The summed E-state index contributed by atoms with van der Waals surface area (Å²) >= 11 is 0. The number of hydrogen-bond acceptors (Lipinski definition) is 2. The number of carbonyl (C=O) groups is 2. The van der Waals surface area contributed by atoms with E-state index in [2.05, 4.69) is 5.32 Å². The monoisotopic (exact) mass is 300 g/mol. The summed E-state index contributed by atoms with van der Waals surface area (Å²) in [6, 6.07) is 10.3. The Hall–Kier alpha value is -1.84. The van der Waals surface area contributed by atoms with Gasteiger partial charge in [-0.3, -0.25) is 9.59 Å². The number of benzene rings is 1. The van der Waals surface area contributed by atoms with Gasteiger partial charge < -0.3 is 10.2 Å². The summed E-state index contributed by atoms with van der Waals surface area (Å²) < 4.78 is 0. The standard InChI is InChI=1S/C18H24N2O2/c1-13(14-7-3-2-4-8-14)20-12-15(11-17(20)21)18(22)19-16-9-5-6-10-16/h2-4,7-8,13,15-16H,5-6,9-12H2,1H3,(H,19,22)/t13-,15+/m1/s1. The highest BCUT2D eigenvalue weighted by molar-refractivity contribution is 5.89. The summed E-state index contributed by atoms with van der Waals surface area (Å²) in [7, 11) is 0. The summed E-state index contributed by atoms with van der Waals surface area (Å²) in [6.45, 7) is 2.57. The summed E-state index contributed by atoms with van der Waals surface area (Å²) in [5.74, 6) is -0.0507. The fourth-order valence-corrected chi connectivity index (χ4v) is 3.58. The van der Waals surface area contributed by atoms with E-state index < -0.39 is 0 Å². The van der Waals surface area contributed by atoms with Crippen molar-refractivity contribution in [1.29, 1.82) is 0 Å². The first-order valence-corrected chi connectivity index (χ1v) is 8.30. The lowest BCUT2D eigenvalue weighted by Crippen LogP contribution is -2.38. The normalized spacial score (nSPS) is 23.8. The molecule has 118 valence electrons. The van der Waals surface area contributed by atoms with Gasteiger partial charge in [-0.2, -0.15) is 0 Å². The van der Waals surface area contributed by atoms with Crippen molar-refractivity contribution >= 4 is 11.8 Å². The Morgan fingerprint density at radius 3 is 2.59 bits per heavy atom. The molecule has 0 bridgehead atoms.